The molecule has 3 aliphatic rings. The molecule has 0 aromatic heterocycles. The average Bonchev–Trinajstić information content (AvgIpc) is 2.94. The van der Waals surface area contributed by atoms with Crippen LogP contribution in [0.25, 0.3) is 0 Å². The topological polar surface area (TPSA) is 46.3 Å². The second kappa shape index (κ2) is 5.82. The molecule has 4 atom stereocenters. The van der Waals surface area contributed by atoms with E-state index in [4.69, 9.17) is 5.73 Å². The molecule has 3 rings (SSSR count). The van der Waals surface area contributed by atoms with Crippen LogP contribution in [0.3, 0.4) is 0 Å². The van der Waals surface area contributed by atoms with Gasteiger partial charge < -0.3 is 10.6 Å². The lowest BCUT2D eigenvalue weighted by atomic mass is 9.77. The summed E-state index contributed by atoms with van der Waals surface area (Å²) in [5.74, 6) is 1.94. The SMILES string of the molecule is NC[C@H]1CCC[C@H]1C(=O)N1CCC[C@H]2CCCC[C@H]21. The third-order valence-corrected chi connectivity index (χ3v) is 5.81. The zero-order valence-corrected chi connectivity index (χ0v) is 12.0. The normalized spacial score (nSPS) is 39.1. The number of hydrogen-bond acceptors (Lipinski definition) is 2. The lowest BCUT2D eigenvalue weighted by Crippen LogP contribution is -2.52. The Bertz CT molecular complexity index is 329. The predicted molar refractivity (Wildman–Crippen MR) is 76.6 cm³/mol. The van der Waals surface area contributed by atoms with Gasteiger partial charge in [-0.25, -0.2) is 0 Å². The van der Waals surface area contributed by atoms with Crippen LogP contribution in [0, 0.1) is 17.8 Å². The number of nitrogens with zero attached hydrogens (tertiary/aromatic N) is 1. The fraction of sp³-hybridized carbons (Fsp3) is 0.938. The van der Waals surface area contributed by atoms with Gasteiger partial charge in [0.15, 0.2) is 0 Å². The maximum Gasteiger partial charge on any atom is 0.226 e. The smallest absolute Gasteiger partial charge is 0.226 e. The second-order valence-electron chi connectivity index (χ2n) is 6.82. The zero-order valence-electron chi connectivity index (χ0n) is 12.0. The van der Waals surface area contributed by atoms with Gasteiger partial charge in [0.1, 0.15) is 0 Å². The fourth-order valence-corrected chi connectivity index (χ4v) is 4.76. The molecule has 3 nitrogen and oxygen atoms in total. The number of amides is 1. The van der Waals surface area contributed by atoms with Crippen molar-refractivity contribution in [2.75, 3.05) is 13.1 Å². The molecule has 0 aromatic rings. The Balaban J connectivity index is 1.71. The number of piperidine rings is 1. The van der Waals surface area contributed by atoms with Crippen molar-refractivity contribution in [2.45, 2.75) is 63.8 Å². The van der Waals surface area contributed by atoms with E-state index in [1.165, 1.54) is 44.9 Å². The molecule has 2 N–H and O–H groups in total. The van der Waals surface area contributed by atoms with Crippen molar-refractivity contribution >= 4 is 5.91 Å². The lowest BCUT2D eigenvalue weighted by Gasteiger charge is -2.45. The number of hydrogen-bond donors (Lipinski definition) is 1. The maximum atomic E-state index is 12.9. The van der Waals surface area contributed by atoms with Gasteiger partial charge in [-0.2, -0.15) is 0 Å². The highest BCUT2D eigenvalue weighted by Gasteiger charge is 2.41. The van der Waals surface area contributed by atoms with Crippen molar-refractivity contribution in [1.29, 1.82) is 0 Å². The van der Waals surface area contributed by atoms with Crippen LogP contribution >= 0.6 is 0 Å². The van der Waals surface area contributed by atoms with Crippen molar-refractivity contribution in [3.63, 3.8) is 0 Å². The van der Waals surface area contributed by atoms with Crippen molar-refractivity contribution in [3.8, 4) is 0 Å². The van der Waals surface area contributed by atoms with Crippen LogP contribution in [-0.2, 0) is 4.79 Å². The molecule has 1 heterocycles. The van der Waals surface area contributed by atoms with E-state index in [0.29, 0.717) is 24.4 Å². The first kappa shape index (κ1) is 13.4. The summed E-state index contributed by atoms with van der Waals surface area (Å²) in [5, 5.41) is 0. The van der Waals surface area contributed by atoms with Gasteiger partial charge in [0.25, 0.3) is 0 Å². The third kappa shape index (κ3) is 2.54. The van der Waals surface area contributed by atoms with Gasteiger partial charge in [-0.15, -0.1) is 0 Å². The summed E-state index contributed by atoms with van der Waals surface area (Å²) < 4.78 is 0. The number of rotatable bonds is 2. The van der Waals surface area contributed by atoms with Crippen molar-refractivity contribution < 1.29 is 4.79 Å². The van der Waals surface area contributed by atoms with Gasteiger partial charge in [-0.3, -0.25) is 4.79 Å². The summed E-state index contributed by atoms with van der Waals surface area (Å²) in [4.78, 5) is 15.2. The lowest BCUT2D eigenvalue weighted by molar-refractivity contribution is -0.143. The van der Waals surface area contributed by atoms with E-state index in [1.807, 2.05) is 0 Å². The highest BCUT2D eigenvalue weighted by molar-refractivity contribution is 5.80. The molecule has 1 aliphatic heterocycles. The molecule has 0 unspecified atom stereocenters. The molecule has 108 valence electrons. The van der Waals surface area contributed by atoms with Crippen LogP contribution in [0.2, 0.25) is 0 Å². The molecule has 3 heteroatoms. The molecule has 19 heavy (non-hydrogen) atoms. The van der Waals surface area contributed by atoms with Crippen LogP contribution in [0.15, 0.2) is 0 Å². The summed E-state index contributed by atoms with van der Waals surface area (Å²) in [6.07, 6.45) is 11.3. The number of carbonyl (C=O) groups is 1. The quantitative estimate of drug-likeness (QED) is 0.833. The number of likely N-dealkylation sites (tertiary alicyclic amines) is 1. The summed E-state index contributed by atoms with van der Waals surface area (Å²) in [6, 6.07) is 0.564. The van der Waals surface area contributed by atoms with Crippen LogP contribution in [0.1, 0.15) is 57.8 Å². The van der Waals surface area contributed by atoms with Crippen LogP contribution in [0.5, 0.6) is 0 Å². The summed E-state index contributed by atoms with van der Waals surface area (Å²) >= 11 is 0. The van der Waals surface area contributed by atoms with Crippen molar-refractivity contribution in [1.82, 2.24) is 4.90 Å². The van der Waals surface area contributed by atoms with Gasteiger partial charge in [0.05, 0.1) is 0 Å². The Morgan fingerprint density at radius 3 is 2.63 bits per heavy atom. The summed E-state index contributed by atoms with van der Waals surface area (Å²) in [6.45, 7) is 1.70. The van der Waals surface area contributed by atoms with Crippen molar-refractivity contribution in [2.24, 2.45) is 23.5 Å². The molecule has 0 radical (unpaired) electrons. The minimum Gasteiger partial charge on any atom is -0.339 e. The number of fused-ring (bicyclic) bond motifs is 1. The van der Waals surface area contributed by atoms with E-state index in [0.717, 1.165) is 25.3 Å². The van der Waals surface area contributed by atoms with Crippen LogP contribution in [-0.4, -0.2) is 29.9 Å². The Kier molecular flexibility index (Phi) is 4.11. The fourth-order valence-electron chi connectivity index (χ4n) is 4.76. The first-order valence-electron chi connectivity index (χ1n) is 8.32. The molecular formula is C16H28N2O. The Morgan fingerprint density at radius 2 is 1.79 bits per heavy atom. The Labute approximate surface area is 116 Å². The maximum absolute atomic E-state index is 12.9. The van der Waals surface area contributed by atoms with Gasteiger partial charge in [0.2, 0.25) is 5.91 Å². The third-order valence-electron chi connectivity index (χ3n) is 5.81. The van der Waals surface area contributed by atoms with Gasteiger partial charge in [-0.1, -0.05) is 19.3 Å². The summed E-state index contributed by atoms with van der Waals surface area (Å²) in [7, 11) is 0. The van der Waals surface area contributed by atoms with Gasteiger partial charge >= 0.3 is 0 Å². The highest BCUT2D eigenvalue weighted by atomic mass is 16.2. The predicted octanol–water partition coefficient (Wildman–Crippen LogP) is 2.54. The standard InChI is InChI=1S/C16H28N2O/c17-11-13-6-3-8-14(13)16(19)18-10-4-7-12-5-1-2-9-15(12)18/h12-15H,1-11,17H2/t12-,13-,14-,15-/m1/s1. The first-order valence-corrected chi connectivity index (χ1v) is 8.32. The van der Waals surface area contributed by atoms with E-state index in [1.54, 1.807) is 0 Å². The van der Waals surface area contributed by atoms with E-state index in [2.05, 4.69) is 4.90 Å². The van der Waals surface area contributed by atoms with E-state index < -0.39 is 0 Å². The molecular weight excluding hydrogens is 236 g/mol. The minimum atomic E-state index is 0.241. The largest absolute Gasteiger partial charge is 0.339 e. The van der Waals surface area contributed by atoms with Gasteiger partial charge in [-0.05, 0) is 56.9 Å². The molecule has 0 spiro atoms. The average molecular weight is 264 g/mol. The molecule has 2 aliphatic carbocycles. The molecule has 1 amide bonds. The van der Waals surface area contributed by atoms with Crippen LogP contribution in [0.4, 0.5) is 0 Å². The van der Waals surface area contributed by atoms with E-state index in [9.17, 15) is 4.79 Å². The minimum absolute atomic E-state index is 0.241. The molecule has 1 saturated heterocycles. The Morgan fingerprint density at radius 1 is 1.00 bits per heavy atom. The zero-order chi connectivity index (χ0) is 13.2. The molecule has 3 fully saturated rings. The summed E-state index contributed by atoms with van der Waals surface area (Å²) in [5.41, 5.74) is 5.85. The molecule has 0 bridgehead atoms. The number of nitrogens with two attached hydrogens (primary N) is 1. The number of carbonyl (C=O) groups excluding carboxylic acids is 1. The van der Waals surface area contributed by atoms with Crippen LogP contribution < -0.4 is 5.73 Å². The highest BCUT2D eigenvalue weighted by Crippen LogP contribution is 2.39. The second-order valence-corrected chi connectivity index (χ2v) is 6.82. The molecule has 0 aromatic carbocycles. The Hall–Kier alpha value is -0.570. The van der Waals surface area contributed by atoms with Gasteiger partial charge in [0, 0.05) is 18.5 Å². The van der Waals surface area contributed by atoms with E-state index in [-0.39, 0.29) is 5.92 Å². The monoisotopic (exact) mass is 264 g/mol. The van der Waals surface area contributed by atoms with E-state index >= 15 is 0 Å². The van der Waals surface area contributed by atoms with Crippen molar-refractivity contribution in [3.05, 3.63) is 0 Å². The molecule has 2 saturated carbocycles. The first-order chi connectivity index (χ1) is 9.31.